The third kappa shape index (κ3) is 4.99. The fourth-order valence-electron chi connectivity index (χ4n) is 2.05. The van der Waals surface area contributed by atoms with Gasteiger partial charge in [0, 0.05) is 5.56 Å². The molecule has 1 unspecified atom stereocenters. The summed E-state index contributed by atoms with van der Waals surface area (Å²) in [5.41, 5.74) is 0.666. The maximum absolute atomic E-state index is 13.2. The van der Waals surface area contributed by atoms with Crippen molar-refractivity contribution in [2.24, 2.45) is 0 Å². The Hall–Kier alpha value is -1.50. The van der Waals surface area contributed by atoms with E-state index in [-0.39, 0.29) is 5.02 Å². The second-order valence-electron chi connectivity index (χ2n) is 4.95. The average Bonchev–Trinajstić information content (AvgIpc) is 2.98. The van der Waals surface area contributed by atoms with Crippen LogP contribution in [0.3, 0.4) is 0 Å². The van der Waals surface area contributed by atoms with Crippen molar-refractivity contribution in [3.05, 3.63) is 46.9 Å². The number of rotatable bonds is 8. The van der Waals surface area contributed by atoms with Gasteiger partial charge in [-0.05, 0) is 48.8 Å². The largest absolute Gasteiger partial charge is 0.480 e. The van der Waals surface area contributed by atoms with Gasteiger partial charge in [-0.3, -0.25) is 10.1 Å². The van der Waals surface area contributed by atoms with Crippen molar-refractivity contribution in [3.63, 3.8) is 0 Å². The molecule has 1 aromatic carbocycles. The van der Waals surface area contributed by atoms with E-state index in [4.69, 9.17) is 21.1 Å². The molecule has 0 saturated heterocycles. The van der Waals surface area contributed by atoms with Crippen LogP contribution in [0.5, 0.6) is 0 Å². The second-order valence-corrected chi connectivity index (χ2v) is 6.34. The number of carboxylic acid groups (broad SMARTS) is 1. The molecule has 1 atom stereocenters. The fraction of sp³-hybridized carbons (Fsp3) is 0.312. The maximum atomic E-state index is 13.2. The molecular formula is C16H17ClFNO3S. The topological polar surface area (TPSA) is 62.5 Å². The van der Waals surface area contributed by atoms with E-state index in [1.165, 1.54) is 12.1 Å². The van der Waals surface area contributed by atoms with E-state index in [1.54, 1.807) is 30.0 Å². The normalized spacial score (nSPS) is 12.3. The van der Waals surface area contributed by atoms with Gasteiger partial charge in [0.15, 0.2) is 0 Å². The summed E-state index contributed by atoms with van der Waals surface area (Å²) in [5, 5.41) is 12.2. The number of aliphatic carboxylic acids is 1. The number of nitrogens with one attached hydrogen (secondary N) is 1. The zero-order valence-corrected chi connectivity index (χ0v) is 14.1. The van der Waals surface area contributed by atoms with E-state index >= 15 is 0 Å². The van der Waals surface area contributed by atoms with E-state index in [0.717, 1.165) is 5.75 Å². The van der Waals surface area contributed by atoms with Crippen LogP contribution in [0.15, 0.2) is 34.7 Å². The highest BCUT2D eigenvalue weighted by molar-refractivity contribution is 7.98. The summed E-state index contributed by atoms with van der Waals surface area (Å²) in [5.74, 6) is 0.565. The highest BCUT2D eigenvalue weighted by atomic mass is 35.5. The molecule has 0 fully saturated rings. The van der Waals surface area contributed by atoms with E-state index in [2.05, 4.69) is 5.32 Å². The van der Waals surface area contributed by atoms with Crippen LogP contribution in [0.4, 0.5) is 4.39 Å². The smallest absolute Gasteiger partial charge is 0.320 e. The molecular weight excluding hydrogens is 341 g/mol. The lowest BCUT2D eigenvalue weighted by Crippen LogP contribution is -2.36. The van der Waals surface area contributed by atoms with Crippen LogP contribution in [0.25, 0.3) is 11.3 Å². The number of benzene rings is 1. The molecule has 0 amide bonds. The molecule has 1 aromatic heterocycles. The van der Waals surface area contributed by atoms with Gasteiger partial charge in [0.25, 0.3) is 0 Å². The summed E-state index contributed by atoms with van der Waals surface area (Å²) in [6.45, 7) is 0.306. The first-order valence-electron chi connectivity index (χ1n) is 7.00. The molecule has 0 bridgehead atoms. The Balaban J connectivity index is 2.01. The van der Waals surface area contributed by atoms with Crippen LogP contribution in [0, 0.1) is 5.82 Å². The zero-order valence-electron chi connectivity index (χ0n) is 12.5. The molecule has 2 aromatic rings. The minimum Gasteiger partial charge on any atom is -0.480 e. The Morgan fingerprint density at radius 2 is 2.22 bits per heavy atom. The van der Waals surface area contributed by atoms with Gasteiger partial charge in [0.1, 0.15) is 23.4 Å². The van der Waals surface area contributed by atoms with Crippen LogP contribution in [0.1, 0.15) is 12.2 Å². The summed E-state index contributed by atoms with van der Waals surface area (Å²) in [7, 11) is 0. The van der Waals surface area contributed by atoms with Gasteiger partial charge in [0.05, 0.1) is 11.6 Å². The first kappa shape index (κ1) is 17.8. The van der Waals surface area contributed by atoms with E-state index in [9.17, 15) is 9.18 Å². The Kier molecular flexibility index (Phi) is 6.50. The number of furan rings is 1. The molecule has 0 aliphatic heterocycles. The molecule has 1 heterocycles. The molecule has 23 heavy (non-hydrogen) atoms. The van der Waals surface area contributed by atoms with Gasteiger partial charge in [-0.25, -0.2) is 4.39 Å². The summed E-state index contributed by atoms with van der Waals surface area (Å²) in [6, 6.07) is 7.24. The van der Waals surface area contributed by atoms with Crippen molar-refractivity contribution in [1.29, 1.82) is 0 Å². The standard InChI is InChI=1S/C16H17ClFNO3S/c1-23-7-6-14(16(20)21)19-9-11-3-5-15(22-11)10-2-4-13(18)12(17)8-10/h2-5,8,14,19H,6-7,9H2,1H3,(H,20,21). The Bertz CT molecular complexity index is 677. The minimum absolute atomic E-state index is 0.0292. The van der Waals surface area contributed by atoms with Gasteiger partial charge in [-0.1, -0.05) is 11.6 Å². The Morgan fingerprint density at radius 3 is 2.87 bits per heavy atom. The molecule has 2 rings (SSSR count). The highest BCUT2D eigenvalue weighted by Crippen LogP contribution is 2.26. The monoisotopic (exact) mass is 357 g/mol. The lowest BCUT2D eigenvalue weighted by molar-refractivity contribution is -0.139. The van der Waals surface area contributed by atoms with Crippen LogP contribution < -0.4 is 5.32 Å². The molecule has 4 nitrogen and oxygen atoms in total. The fourth-order valence-corrected chi connectivity index (χ4v) is 2.70. The number of thioether (sulfide) groups is 1. The number of carbonyl (C=O) groups is 1. The van der Waals surface area contributed by atoms with Crippen molar-refractivity contribution in [1.82, 2.24) is 5.32 Å². The first-order valence-corrected chi connectivity index (χ1v) is 8.77. The average molecular weight is 358 g/mol. The first-order chi connectivity index (χ1) is 11.0. The molecule has 0 spiro atoms. The number of carboxylic acids is 1. The summed E-state index contributed by atoms with van der Waals surface area (Å²) in [6.07, 6.45) is 2.48. The van der Waals surface area contributed by atoms with Gasteiger partial charge in [0.2, 0.25) is 0 Å². The zero-order chi connectivity index (χ0) is 16.8. The van der Waals surface area contributed by atoms with E-state index in [1.807, 2.05) is 6.26 Å². The number of hydrogen-bond acceptors (Lipinski definition) is 4. The molecule has 124 valence electrons. The quantitative estimate of drug-likeness (QED) is 0.746. The predicted octanol–water partition coefficient (Wildman–Crippen LogP) is 4.04. The van der Waals surface area contributed by atoms with Gasteiger partial charge < -0.3 is 9.52 Å². The highest BCUT2D eigenvalue weighted by Gasteiger charge is 2.17. The van der Waals surface area contributed by atoms with Gasteiger partial charge >= 0.3 is 5.97 Å². The van der Waals surface area contributed by atoms with Crippen molar-refractivity contribution < 1.29 is 18.7 Å². The molecule has 0 aliphatic rings. The number of hydrogen-bond donors (Lipinski definition) is 2. The molecule has 0 radical (unpaired) electrons. The minimum atomic E-state index is -0.879. The van der Waals surface area contributed by atoms with Crippen LogP contribution in [-0.4, -0.2) is 29.1 Å². The van der Waals surface area contributed by atoms with Gasteiger partial charge in [-0.15, -0.1) is 0 Å². The van der Waals surface area contributed by atoms with Crippen molar-refractivity contribution >= 4 is 29.3 Å². The lowest BCUT2D eigenvalue weighted by Gasteiger charge is -2.12. The van der Waals surface area contributed by atoms with E-state index in [0.29, 0.717) is 30.0 Å². The van der Waals surface area contributed by atoms with Crippen molar-refractivity contribution in [2.75, 3.05) is 12.0 Å². The van der Waals surface area contributed by atoms with Crippen molar-refractivity contribution in [2.45, 2.75) is 19.0 Å². The van der Waals surface area contributed by atoms with Crippen LogP contribution in [0.2, 0.25) is 5.02 Å². The molecule has 0 saturated carbocycles. The maximum Gasteiger partial charge on any atom is 0.320 e. The molecule has 2 N–H and O–H groups in total. The SMILES string of the molecule is CSCCC(NCc1ccc(-c2ccc(F)c(Cl)c2)o1)C(=O)O. The number of halogens is 2. The molecule has 7 heteroatoms. The van der Waals surface area contributed by atoms with Gasteiger partial charge in [-0.2, -0.15) is 11.8 Å². The molecule has 0 aliphatic carbocycles. The third-order valence-electron chi connectivity index (χ3n) is 3.30. The van der Waals surface area contributed by atoms with Crippen LogP contribution >= 0.6 is 23.4 Å². The van der Waals surface area contributed by atoms with E-state index < -0.39 is 17.8 Å². The summed E-state index contributed by atoms with van der Waals surface area (Å²) in [4.78, 5) is 11.2. The Morgan fingerprint density at radius 1 is 1.43 bits per heavy atom. The Labute approximate surface area is 143 Å². The predicted molar refractivity (Wildman–Crippen MR) is 90.4 cm³/mol. The summed E-state index contributed by atoms with van der Waals surface area (Å²) >= 11 is 7.36. The van der Waals surface area contributed by atoms with Crippen LogP contribution in [-0.2, 0) is 11.3 Å². The lowest BCUT2D eigenvalue weighted by atomic mass is 10.2. The second kappa shape index (κ2) is 8.38. The van der Waals surface area contributed by atoms with Crippen molar-refractivity contribution in [3.8, 4) is 11.3 Å². The third-order valence-corrected chi connectivity index (χ3v) is 4.23. The summed E-state index contributed by atoms with van der Waals surface area (Å²) < 4.78 is 18.8.